The SMILES string of the molecule is CCCc1nc(C(C)C)[nH]c(=O)c1Br. The lowest BCUT2D eigenvalue weighted by Crippen LogP contribution is -2.16. The average Bonchev–Trinajstić information content (AvgIpc) is 2.12. The number of aromatic amines is 1. The highest BCUT2D eigenvalue weighted by Crippen LogP contribution is 2.14. The first-order valence-corrected chi connectivity index (χ1v) is 5.64. The molecular weight excluding hydrogens is 244 g/mol. The highest BCUT2D eigenvalue weighted by atomic mass is 79.9. The van der Waals surface area contributed by atoms with Gasteiger partial charge in [0, 0.05) is 5.92 Å². The van der Waals surface area contributed by atoms with Crippen LogP contribution in [0.25, 0.3) is 0 Å². The molecule has 0 fully saturated rings. The van der Waals surface area contributed by atoms with Gasteiger partial charge in [0.2, 0.25) is 0 Å². The van der Waals surface area contributed by atoms with Gasteiger partial charge in [-0.3, -0.25) is 4.79 Å². The van der Waals surface area contributed by atoms with Crippen molar-refractivity contribution in [3.8, 4) is 0 Å². The monoisotopic (exact) mass is 258 g/mol. The Balaban J connectivity index is 3.21. The molecule has 0 atom stereocenters. The van der Waals surface area contributed by atoms with E-state index in [1.807, 2.05) is 13.8 Å². The second-order valence-electron chi connectivity index (χ2n) is 3.62. The van der Waals surface area contributed by atoms with Gasteiger partial charge < -0.3 is 4.98 Å². The maximum Gasteiger partial charge on any atom is 0.265 e. The molecule has 1 aromatic rings. The van der Waals surface area contributed by atoms with Crippen LogP contribution >= 0.6 is 15.9 Å². The maximum atomic E-state index is 11.5. The van der Waals surface area contributed by atoms with E-state index in [4.69, 9.17) is 0 Å². The number of hydrogen-bond acceptors (Lipinski definition) is 2. The van der Waals surface area contributed by atoms with E-state index in [1.165, 1.54) is 0 Å². The van der Waals surface area contributed by atoms with E-state index in [9.17, 15) is 4.79 Å². The third kappa shape index (κ3) is 2.44. The minimum atomic E-state index is -0.0767. The predicted octanol–water partition coefficient (Wildman–Crippen LogP) is 2.61. The zero-order valence-electron chi connectivity index (χ0n) is 8.72. The Kier molecular flexibility index (Phi) is 3.86. The summed E-state index contributed by atoms with van der Waals surface area (Å²) in [5, 5.41) is 0. The van der Waals surface area contributed by atoms with Gasteiger partial charge in [0.1, 0.15) is 10.3 Å². The molecule has 0 unspecified atom stereocenters. The van der Waals surface area contributed by atoms with Gasteiger partial charge in [0.15, 0.2) is 0 Å². The van der Waals surface area contributed by atoms with E-state index in [0.717, 1.165) is 24.4 Å². The molecule has 0 aliphatic rings. The Morgan fingerprint density at radius 2 is 2.14 bits per heavy atom. The number of aromatic nitrogens is 2. The van der Waals surface area contributed by atoms with Crippen molar-refractivity contribution in [2.75, 3.05) is 0 Å². The fraction of sp³-hybridized carbons (Fsp3) is 0.600. The van der Waals surface area contributed by atoms with Crippen LogP contribution < -0.4 is 5.56 Å². The van der Waals surface area contributed by atoms with Gasteiger partial charge in [-0.2, -0.15) is 0 Å². The molecule has 1 aromatic heterocycles. The van der Waals surface area contributed by atoms with Crippen LogP contribution in [0.2, 0.25) is 0 Å². The second kappa shape index (κ2) is 4.73. The molecule has 1 N–H and O–H groups in total. The van der Waals surface area contributed by atoms with Gasteiger partial charge in [-0.05, 0) is 22.4 Å². The van der Waals surface area contributed by atoms with Gasteiger partial charge in [0.25, 0.3) is 5.56 Å². The highest BCUT2D eigenvalue weighted by molar-refractivity contribution is 9.10. The molecule has 4 heteroatoms. The lowest BCUT2D eigenvalue weighted by molar-refractivity contribution is 0.735. The van der Waals surface area contributed by atoms with Crippen LogP contribution in [0.15, 0.2) is 9.27 Å². The summed E-state index contributed by atoms with van der Waals surface area (Å²) in [4.78, 5) is 18.7. The first-order valence-electron chi connectivity index (χ1n) is 4.84. The number of nitrogens with one attached hydrogen (secondary N) is 1. The molecule has 0 radical (unpaired) electrons. The molecule has 0 bridgehead atoms. The standard InChI is InChI=1S/C10H15BrN2O/c1-4-5-7-8(11)10(14)13-9(12-7)6(2)3/h6H,4-5H2,1-3H3,(H,12,13,14). The molecule has 1 rings (SSSR count). The Labute approximate surface area is 92.1 Å². The number of halogens is 1. The topological polar surface area (TPSA) is 45.8 Å². The van der Waals surface area contributed by atoms with Crippen molar-refractivity contribution in [3.05, 3.63) is 26.3 Å². The zero-order chi connectivity index (χ0) is 10.7. The maximum absolute atomic E-state index is 11.5. The number of hydrogen-bond donors (Lipinski definition) is 1. The zero-order valence-corrected chi connectivity index (χ0v) is 10.3. The van der Waals surface area contributed by atoms with E-state index in [0.29, 0.717) is 4.47 Å². The number of rotatable bonds is 3. The van der Waals surface area contributed by atoms with Crippen LogP contribution in [0.1, 0.15) is 44.6 Å². The quantitative estimate of drug-likeness (QED) is 0.906. The minimum absolute atomic E-state index is 0.0767. The van der Waals surface area contributed by atoms with E-state index in [2.05, 4.69) is 32.8 Å². The largest absolute Gasteiger partial charge is 0.309 e. The summed E-state index contributed by atoms with van der Waals surface area (Å²) in [5.41, 5.74) is 0.784. The minimum Gasteiger partial charge on any atom is -0.309 e. The summed E-state index contributed by atoms with van der Waals surface area (Å²) in [6.07, 6.45) is 1.83. The molecular formula is C10H15BrN2O. The van der Waals surface area contributed by atoms with Crippen LogP contribution in [0.3, 0.4) is 0 Å². The van der Waals surface area contributed by atoms with Crippen molar-refractivity contribution in [1.29, 1.82) is 0 Å². The third-order valence-electron chi connectivity index (χ3n) is 1.98. The first kappa shape index (κ1) is 11.4. The number of aryl methyl sites for hydroxylation is 1. The number of H-pyrrole nitrogens is 1. The van der Waals surface area contributed by atoms with Crippen molar-refractivity contribution in [1.82, 2.24) is 9.97 Å². The molecule has 0 aliphatic heterocycles. The molecule has 78 valence electrons. The fourth-order valence-electron chi connectivity index (χ4n) is 1.20. The summed E-state index contributed by atoms with van der Waals surface area (Å²) >= 11 is 3.26. The normalized spacial score (nSPS) is 10.9. The molecule has 0 saturated carbocycles. The predicted molar refractivity (Wildman–Crippen MR) is 60.6 cm³/mol. The van der Waals surface area contributed by atoms with Crippen LogP contribution in [-0.2, 0) is 6.42 Å². The molecule has 0 aliphatic carbocycles. The van der Waals surface area contributed by atoms with Gasteiger partial charge in [-0.15, -0.1) is 0 Å². The molecule has 0 aromatic carbocycles. The van der Waals surface area contributed by atoms with Gasteiger partial charge in [-0.25, -0.2) is 4.98 Å². The molecule has 1 heterocycles. The summed E-state index contributed by atoms with van der Waals surface area (Å²) in [5.74, 6) is 1.02. The second-order valence-corrected chi connectivity index (χ2v) is 4.41. The van der Waals surface area contributed by atoms with E-state index in [1.54, 1.807) is 0 Å². The van der Waals surface area contributed by atoms with Crippen LogP contribution in [0.5, 0.6) is 0 Å². The van der Waals surface area contributed by atoms with Crippen LogP contribution in [0, 0.1) is 0 Å². The van der Waals surface area contributed by atoms with Crippen molar-refractivity contribution in [2.45, 2.75) is 39.5 Å². The van der Waals surface area contributed by atoms with Gasteiger partial charge >= 0.3 is 0 Å². The highest BCUT2D eigenvalue weighted by Gasteiger charge is 2.09. The van der Waals surface area contributed by atoms with E-state index >= 15 is 0 Å². The summed E-state index contributed by atoms with van der Waals surface area (Å²) in [6, 6.07) is 0. The smallest absolute Gasteiger partial charge is 0.265 e. The van der Waals surface area contributed by atoms with E-state index < -0.39 is 0 Å². The van der Waals surface area contributed by atoms with Crippen molar-refractivity contribution in [3.63, 3.8) is 0 Å². The molecule has 3 nitrogen and oxygen atoms in total. The summed E-state index contributed by atoms with van der Waals surface area (Å²) < 4.78 is 0.573. The Morgan fingerprint density at radius 1 is 1.50 bits per heavy atom. The molecule has 0 saturated heterocycles. The molecule has 0 spiro atoms. The van der Waals surface area contributed by atoms with Gasteiger partial charge in [0.05, 0.1) is 5.69 Å². The van der Waals surface area contributed by atoms with Crippen LogP contribution in [-0.4, -0.2) is 9.97 Å². The lowest BCUT2D eigenvalue weighted by Gasteiger charge is -2.07. The summed E-state index contributed by atoms with van der Waals surface area (Å²) in [6.45, 7) is 6.11. The fourth-order valence-corrected chi connectivity index (χ4v) is 1.59. The number of nitrogens with zero attached hydrogens (tertiary/aromatic N) is 1. The summed E-state index contributed by atoms with van der Waals surface area (Å²) in [7, 11) is 0. The van der Waals surface area contributed by atoms with Crippen LogP contribution in [0.4, 0.5) is 0 Å². The van der Waals surface area contributed by atoms with Crippen molar-refractivity contribution < 1.29 is 0 Å². The molecule has 0 amide bonds. The average molecular weight is 259 g/mol. The van der Waals surface area contributed by atoms with Crippen molar-refractivity contribution in [2.24, 2.45) is 0 Å². The van der Waals surface area contributed by atoms with Gasteiger partial charge in [-0.1, -0.05) is 27.2 Å². The Bertz CT molecular complexity index is 371. The van der Waals surface area contributed by atoms with Crippen molar-refractivity contribution >= 4 is 15.9 Å². The van der Waals surface area contributed by atoms with E-state index in [-0.39, 0.29) is 11.5 Å². The molecule has 14 heavy (non-hydrogen) atoms. The first-order chi connectivity index (χ1) is 6.56. The Hall–Kier alpha value is -0.640. The lowest BCUT2D eigenvalue weighted by atomic mass is 10.2. The Morgan fingerprint density at radius 3 is 2.64 bits per heavy atom. The third-order valence-corrected chi connectivity index (χ3v) is 2.80.